The Morgan fingerprint density at radius 1 is 1.45 bits per heavy atom. The summed E-state index contributed by atoms with van der Waals surface area (Å²) in [4.78, 5) is 3.57. The van der Waals surface area contributed by atoms with Gasteiger partial charge < -0.3 is 5.73 Å². The lowest BCUT2D eigenvalue weighted by Crippen LogP contribution is -2.39. The fourth-order valence-electron chi connectivity index (χ4n) is 2.75. The van der Waals surface area contributed by atoms with Gasteiger partial charge in [0.2, 0.25) is 0 Å². The number of nitrogens with two attached hydrogens (primary N) is 1. The minimum atomic E-state index is -0.118. The Morgan fingerprint density at radius 3 is 3.05 bits per heavy atom. The average Bonchev–Trinajstić information content (AvgIpc) is 2.81. The second kappa shape index (κ2) is 6.02. The fraction of sp³-hybridized carbons (Fsp3) is 0.467. The van der Waals surface area contributed by atoms with Crippen LogP contribution < -0.4 is 5.73 Å². The van der Waals surface area contributed by atoms with Crippen molar-refractivity contribution in [3.05, 3.63) is 34.5 Å². The van der Waals surface area contributed by atoms with E-state index in [4.69, 9.17) is 5.73 Å². The molecular formula is C15H19FN2S2. The Hall–Kier alpha value is -0.620. The Bertz CT molecular complexity index is 611. The van der Waals surface area contributed by atoms with Crippen molar-refractivity contribution in [3.63, 3.8) is 0 Å². The van der Waals surface area contributed by atoms with E-state index in [9.17, 15) is 4.39 Å². The molecule has 0 radical (unpaired) electrons. The summed E-state index contributed by atoms with van der Waals surface area (Å²) in [5, 5.41) is 0.781. The van der Waals surface area contributed by atoms with Crippen molar-refractivity contribution < 1.29 is 4.39 Å². The first kappa shape index (κ1) is 14.3. The summed E-state index contributed by atoms with van der Waals surface area (Å²) in [6, 6.07) is 5.86. The lowest BCUT2D eigenvalue weighted by molar-refractivity contribution is 0.224. The molecular weight excluding hydrogens is 291 g/mol. The lowest BCUT2D eigenvalue weighted by Gasteiger charge is -2.33. The van der Waals surface area contributed by atoms with E-state index in [1.807, 2.05) is 17.8 Å². The molecule has 1 atom stereocenters. The van der Waals surface area contributed by atoms with Gasteiger partial charge in [-0.05, 0) is 24.6 Å². The van der Waals surface area contributed by atoms with Crippen molar-refractivity contribution in [3.8, 4) is 0 Å². The van der Waals surface area contributed by atoms with Gasteiger partial charge in [-0.25, -0.2) is 4.39 Å². The van der Waals surface area contributed by atoms with E-state index in [-0.39, 0.29) is 5.82 Å². The number of halogens is 1. The summed E-state index contributed by atoms with van der Waals surface area (Å²) < 4.78 is 15.2. The van der Waals surface area contributed by atoms with E-state index in [1.54, 1.807) is 23.5 Å². The normalized spacial score (nSPS) is 20.6. The average molecular weight is 310 g/mol. The van der Waals surface area contributed by atoms with Crippen molar-refractivity contribution in [2.75, 3.05) is 18.1 Å². The molecule has 1 fully saturated rings. The highest BCUT2D eigenvalue weighted by Crippen LogP contribution is 2.34. The van der Waals surface area contributed by atoms with E-state index in [1.165, 1.54) is 0 Å². The van der Waals surface area contributed by atoms with Crippen LogP contribution in [0.1, 0.15) is 17.4 Å². The van der Waals surface area contributed by atoms with Crippen molar-refractivity contribution in [1.29, 1.82) is 0 Å². The molecule has 5 heteroatoms. The van der Waals surface area contributed by atoms with Crippen molar-refractivity contribution >= 4 is 33.2 Å². The first-order chi connectivity index (χ1) is 9.70. The molecule has 0 spiro atoms. The molecule has 1 aromatic heterocycles. The third-order valence-electron chi connectivity index (χ3n) is 3.90. The number of thioether (sulfide) groups is 1. The molecule has 20 heavy (non-hydrogen) atoms. The van der Waals surface area contributed by atoms with E-state index in [0.717, 1.165) is 45.1 Å². The molecule has 2 heterocycles. The zero-order chi connectivity index (χ0) is 14.1. The molecule has 1 aliphatic heterocycles. The predicted molar refractivity (Wildman–Crippen MR) is 86.9 cm³/mol. The van der Waals surface area contributed by atoms with E-state index in [0.29, 0.717) is 12.6 Å². The third-order valence-corrected chi connectivity index (χ3v) is 6.31. The maximum atomic E-state index is 14.2. The second-order valence-electron chi connectivity index (χ2n) is 5.22. The SMILES string of the molecule is CC1CSCCN1Cc1c(CN)sc2cccc(F)c12. The summed E-state index contributed by atoms with van der Waals surface area (Å²) in [7, 11) is 0. The number of thiophene rings is 1. The van der Waals surface area contributed by atoms with Crippen molar-refractivity contribution in [2.45, 2.75) is 26.1 Å². The maximum Gasteiger partial charge on any atom is 0.132 e. The molecule has 1 aliphatic rings. The van der Waals surface area contributed by atoms with Crippen molar-refractivity contribution in [2.24, 2.45) is 5.73 Å². The summed E-state index contributed by atoms with van der Waals surface area (Å²) in [5.41, 5.74) is 6.97. The molecule has 3 rings (SSSR count). The van der Waals surface area contributed by atoms with Crippen LogP contribution in [-0.4, -0.2) is 29.0 Å². The van der Waals surface area contributed by atoms with Crippen LogP contribution in [0.3, 0.4) is 0 Å². The second-order valence-corrected chi connectivity index (χ2v) is 7.50. The fourth-order valence-corrected chi connectivity index (χ4v) is 4.94. The van der Waals surface area contributed by atoms with Crippen LogP contribution in [0, 0.1) is 5.82 Å². The first-order valence-corrected chi connectivity index (χ1v) is 8.88. The van der Waals surface area contributed by atoms with Crippen LogP contribution in [0.4, 0.5) is 4.39 Å². The zero-order valence-corrected chi connectivity index (χ0v) is 13.2. The zero-order valence-electron chi connectivity index (χ0n) is 11.6. The largest absolute Gasteiger partial charge is 0.326 e. The summed E-state index contributed by atoms with van der Waals surface area (Å²) >= 11 is 3.63. The molecule has 0 saturated carbocycles. The van der Waals surface area contributed by atoms with Gasteiger partial charge in [-0.3, -0.25) is 4.90 Å². The van der Waals surface area contributed by atoms with Gasteiger partial charge in [0, 0.05) is 52.1 Å². The van der Waals surface area contributed by atoms with Gasteiger partial charge in [0.15, 0.2) is 0 Å². The van der Waals surface area contributed by atoms with E-state index in [2.05, 4.69) is 11.8 Å². The molecule has 108 valence electrons. The Balaban J connectivity index is 2.00. The highest BCUT2D eigenvalue weighted by atomic mass is 32.2. The molecule has 0 bridgehead atoms. The number of hydrogen-bond donors (Lipinski definition) is 1. The van der Waals surface area contributed by atoms with Gasteiger partial charge in [-0.2, -0.15) is 11.8 Å². The summed E-state index contributed by atoms with van der Waals surface area (Å²) in [6.45, 7) is 4.63. The predicted octanol–water partition coefficient (Wildman–Crippen LogP) is 3.44. The quantitative estimate of drug-likeness (QED) is 0.941. The van der Waals surface area contributed by atoms with Gasteiger partial charge in [0.05, 0.1) is 0 Å². The number of nitrogens with zero attached hydrogens (tertiary/aromatic N) is 1. The topological polar surface area (TPSA) is 29.3 Å². The highest BCUT2D eigenvalue weighted by Gasteiger charge is 2.22. The molecule has 2 N–H and O–H groups in total. The molecule has 0 aliphatic carbocycles. The summed E-state index contributed by atoms with van der Waals surface area (Å²) in [6.07, 6.45) is 0. The number of rotatable bonds is 3. The van der Waals surface area contributed by atoms with Crippen LogP contribution in [0.2, 0.25) is 0 Å². The van der Waals surface area contributed by atoms with Crippen LogP contribution >= 0.6 is 23.1 Å². The number of benzene rings is 1. The smallest absolute Gasteiger partial charge is 0.132 e. The first-order valence-electron chi connectivity index (χ1n) is 6.91. The Labute approximate surface area is 127 Å². The third kappa shape index (κ3) is 2.60. The maximum absolute atomic E-state index is 14.2. The van der Waals surface area contributed by atoms with Gasteiger partial charge in [-0.1, -0.05) is 6.07 Å². The van der Waals surface area contributed by atoms with Crippen molar-refractivity contribution in [1.82, 2.24) is 4.90 Å². The van der Waals surface area contributed by atoms with Gasteiger partial charge in [0.1, 0.15) is 5.82 Å². The molecule has 1 unspecified atom stereocenters. The van der Waals surface area contributed by atoms with Crippen LogP contribution in [0.5, 0.6) is 0 Å². The number of hydrogen-bond acceptors (Lipinski definition) is 4. The summed E-state index contributed by atoms with van der Waals surface area (Å²) in [5.74, 6) is 2.20. The molecule has 2 aromatic rings. The van der Waals surface area contributed by atoms with E-state index >= 15 is 0 Å². The Kier molecular flexibility index (Phi) is 4.31. The van der Waals surface area contributed by atoms with Crippen LogP contribution in [-0.2, 0) is 13.1 Å². The number of fused-ring (bicyclic) bond motifs is 1. The molecule has 1 saturated heterocycles. The van der Waals surface area contributed by atoms with Gasteiger partial charge in [-0.15, -0.1) is 11.3 Å². The minimum Gasteiger partial charge on any atom is -0.326 e. The monoisotopic (exact) mass is 310 g/mol. The highest BCUT2D eigenvalue weighted by molar-refractivity contribution is 7.99. The molecule has 2 nitrogen and oxygen atoms in total. The van der Waals surface area contributed by atoms with Crippen LogP contribution in [0.25, 0.3) is 10.1 Å². The minimum absolute atomic E-state index is 0.118. The van der Waals surface area contributed by atoms with Gasteiger partial charge in [0.25, 0.3) is 0 Å². The molecule has 0 amide bonds. The van der Waals surface area contributed by atoms with Gasteiger partial charge >= 0.3 is 0 Å². The Morgan fingerprint density at radius 2 is 2.30 bits per heavy atom. The molecule has 1 aromatic carbocycles. The lowest BCUT2D eigenvalue weighted by atomic mass is 10.1. The van der Waals surface area contributed by atoms with E-state index < -0.39 is 0 Å². The standard InChI is InChI=1S/C15H19FN2S2/c1-10-9-19-6-5-18(10)8-11-14(7-17)20-13-4-2-3-12(16)15(11)13/h2-4,10H,5-9,17H2,1H3. The van der Waals surface area contributed by atoms with Crippen LogP contribution in [0.15, 0.2) is 18.2 Å².